The Labute approximate surface area is 151 Å². The highest BCUT2D eigenvalue weighted by molar-refractivity contribution is 5.44. The second-order valence-corrected chi connectivity index (χ2v) is 5.39. The maximum Gasteiger partial charge on any atom is 0.387 e. The molecule has 0 amide bonds. The Morgan fingerprint density at radius 2 is 1.42 bits per heavy atom. The summed E-state index contributed by atoms with van der Waals surface area (Å²) in [5, 5.41) is 3.30. The molecule has 1 N–H and O–H groups in total. The molecule has 142 valence electrons. The lowest BCUT2D eigenvalue weighted by molar-refractivity contribution is -0.0514. The molecule has 0 aliphatic heterocycles. The Kier molecular flexibility index (Phi) is 7.47. The van der Waals surface area contributed by atoms with Crippen LogP contribution < -0.4 is 24.3 Å². The predicted octanol–water partition coefficient (Wildman–Crippen LogP) is 3.99. The molecule has 5 nitrogen and oxygen atoms in total. The van der Waals surface area contributed by atoms with Gasteiger partial charge in [0.2, 0.25) is 0 Å². The van der Waals surface area contributed by atoms with Crippen LogP contribution in [-0.4, -0.2) is 27.4 Å². The number of hydrogen-bond acceptors (Lipinski definition) is 5. The van der Waals surface area contributed by atoms with Gasteiger partial charge in [-0.15, -0.1) is 0 Å². The Bertz CT molecular complexity index is 710. The normalized spacial score (nSPS) is 10.7. The van der Waals surface area contributed by atoms with Crippen LogP contribution in [0.25, 0.3) is 0 Å². The number of alkyl halides is 2. The Morgan fingerprint density at radius 3 is 1.96 bits per heavy atom. The van der Waals surface area contributed by atoms with Crippen LogP contribution in [0, 0.1) is 0 Å². The van der Waals surface area contributed by atoms with E-state index in [1.807, 2.05) is 18.2 Å². The number of benzene rings is 2. The van der Waals surface area contributed by atoms with Crippen molar-refractivity contribution in [3.05, 3.63) is 47.5 Å². The van der Waals surface area contributed by atoms with E-state index in [9.17, 15) is 8.78 Å². The number of halogens is 2. The summed E-state index contributed by atoms with van der Waals surface area (Å²) in [6, 6.07) is 10.6. The molecule has 0 aliphatic rings. The molecule has 26 heavy (non-hydrogen) atoms. The lowest BCUT2D eigenvalue weighted by atomic mass is 10.1. The van der Waals surface area contributed by atoms with E-state index in [0.29, 0.717) is 36.9 Å². The fourth-order valence-electron chi connectivity index (χ4n) is 2.47. The van der Waals surface area contributed by atoms with Gasteiger partial charge < -0.3 is 24.3 Å². The predicted molar refractivity (Wildman–Crippen MR) is 94.3 cm³/mol. The second kappa shape index (κ2) is 9.82. The summed E-state index contributed by atoms with van der Waals surface area (Å²) in [6.07, 6.45) is 0. The molecule has 0 radical (unpaired) electrons. The van der Waals surface area contributed by atoms with Crippen molar-refractivity contribution in [2.75, 3.05) is 20.8 Å². The highest BCUT2D eigenvalue weighted by Gasteiger charge is 2.11. The molecule has 2 aromatic carbocycles. The van der Waals surface area contributed by atoms with Crippen LogP contribution in [0.15, 0.2) is 36.4 Å². The van der Waals surface area contributed by atoms with Gasteiger partial charge in [-0.25, -0.2) is 0 Å². The molecule has 0 bridgehead atoms. The third kappa shape index (κ3) is 5.49. The molecule has 0 saturated heterocycles. The van der Waals surface area contributed by atoms with Crippen molar-refractivity contribution in [2.24, 2.45) is 0 Å². The zero-order valence-electron chi connectivity index (χ0n) is 15.1. The summed E-state index contributed by atoms with van der Waals surface area (Å²) in [4.78, 5) is 0. The maximum atomic E-state index is 12.4. The van der Waals surface area contributed by atoms with Crippen LogP contribution in [0.5, 0.6) is 23.0 Å². The summed E-state index contributed by atoms with van der Waals surface area (Å²) in [6.45, 7) is 0.419. The van der Waals surface area contributed by atoms with Crippen molar-refractivity contribution < 1.29 is 27.7 Å². The molecule has 0 spiro atoms. The van der Waals surface area contributed by atoms with Crippen molar-refractivity contribution in [2.45, 2.75) is 26.6 Å². The smallest absolute Gasteiger partial charge is 0.387 e. The standard InChI is InChI=1S/C19H23F2NO4/c1-4-25-18-10-14(6-8-16(18)26-19(20)21)12-22-11-13-5-7-15(23-2)17(9-13)24-3/h5-10,19,22H,4,11-12H2,1-3H3. The van der Waals surface area contributed by atoms with Gasteiger partial charge >= 0.3 is 6.61 Å². The Hall–Kier alpha value is -2.54. The van der Waals surface area contributed by atoms with Crippen LogP contribution in [0.1, 0.15) is 18.1 Å². The number of hydrogen-bond donors (Lipinski definition) is 1. The molecular weight excluding hydrogens is 344 g/mol. The van der Waals surface area contributed by atoms with Crippen LogP contribution in [0.3, 0.4) is 0 Å². The fourth-order valence-corrected chi connectivity index (χ4v) is 2.47. The molecule has 0 saturated carbocycles. The van der Waals surface area contributed by atoms with Gasteiger partial charge in [0.1, 0.15) is 0 Å². The zero-order chi connectivity index (χ0) is 18.9. The van der Waals surface area contributed by atoms with E-state index in [2.05, 4.69) is 10.1 Å². The monoisotopic (exact) mass is 367 g/mol. The fraction of sp³-hybridized carbons (Fsp3) is 0.368. The average molecular weight is 367 g/mol. The van der Waals surface area contributed by atoms with E-state index in [-0.39, 0.29) is 5.75 Å². The van der Waals surface area contributed by atoms with Crippen LogP contribution in [0.4, 0.5) is 8.78 Å². The molecule has 0 fully saturated rings. The highest BCUT2D eigenvalue weighted by atomic mass is 19.3. The van der Waals surface area contributed by atoms with Crippen molar-refractivity contribution >= 4 is 0 Å². The highest BCUT2D eigenvalue weighted by Crippen LogP contribution is 2.30. The van der Waals surface area contributed by atoms with E-state index in [0.717, 1.165) is 11.1 Å². The summed E-state index contributed by atoms with van der Waals surface area (Å²) in [5.41, 5.74) is 1.93. The van der Waals surface area contributed by atoms with E-state index in [4.69, 9.17) is 14.2 Å². The first kappa shape index (κ1) is 19.8. The van der Waals surface area contributed by atoms with Gasteiger partial charge in [-0.1, -0.05) is 12.1 Å². The van der Waals surface area contributed by atoms with Crippen LogP contribution in [-0.2, 0) is 13.1 Å². The molecule has 0 atom stereocenters. The van der Waals surface area contributed by atoms with Gasteiger partial charge in [0.25, 0.3) is 0 Å². The average Bonchev–Trinajstić information content (AvgIpc) is 2.63. The number of nitrogens with one attached hydrogen (secondary N) is 1. The molecule has 7 heteroatoms. The number of rotatable bonds is 10. The van der Waals surface area contributed by atoms with Gasteiger partial charge in [-0.3, -0.25) is 0 Å². The molecule has 2 rings (SSSR count). The molecular formula is C19H23F2NO4. The lowest BCUT2D eigenvalue weighted by Crippen LogP contribution is -2.13. The van der Waals surface area contributed by atoms with E-state index >= 15 is 0 Å². The van der Waals surface area contributed by atoms with Gasteiger partial charge in [-0.05, 0) is 42.3 Å². The van der Waals surface area contributed by atoms with Crippen molar-refractivity contribution in [3.8, 4) is 23.0 Å². The number of methoxy groups -OCH3 is 2. The van der Waals surface area contributed by atoms with Crippen molar-refractivity contribution in [3.63, 3.8) is 0 Å². The molecule has 0 aromatic heterocycles. The first-order valence-corrected chi connectivity index (χ1v) is 8.19. The first-order chi connectivity index (χ1) is 12.6. The summed E-state index contributed by atoms with van der Waals surface area (Å²) < 4.78 is 45.2. The molecule has 0 unspecified atom stereocenters. The lowest BCUT2D eigenvalue weighted by Gasteiger charge is -2.13. The van der Waals surface area contributed by atoms with E-state index in [1.165, 1.54) is 6.07 Å². The summed E-state index contributed by atoms with van der Waals surface area (Å²) in [7, 11) is 3.18. The minimum atomic E-state index is -2.89. The molecule has 0 aliphatic carbocycles. The summed E-state index contributed by atoms with van der Waals surface area (Å²) >= 11 is 0. The minimum absolute atomic E-state index is 0.0329. The van der Waals surface area contributed by atoms with Gasteiger partial charge in [0.05, 0.1) is 20.8 Å². The number of ether oxygens (including phenoxy) is 4. The largest absolute Gasteiger partial charge is 0.493 e. The Balaban J connectivity index is 1.99. The maximum absolute atomic E-state index is 12.4. The van der Waals surface area contributed by atoms with Crippen LogP contribution in [0.2, 0.25) is 0 Å². The quantitative estimate of drug-likeness (QED) is 0.688. The van der Waals surface area contributed by atoms with Gasteiger partial charge in [0, 0.05) is 13.1 Å². The molecule has 2 aromatic rings. The Morgan fingerprint density at radius 1 is 0.846 bits per heavy atom. The van der Waals surface area contributed by atoms with Gasteiger partial charge in [-0.2, -0.15) is 8.78 Å². The summed E-state index contributed by atoms with van der Waals surface area (Å²) in [5.74, 6) is 1.68. The third-order valence-electron chi connectivity index (χ3n) is 3.63. The third-order valence-corrected chi connectivity index (χ3v) is 3.63. The zero-order valence-corrected chi connectivity index (χ0v) is 15.1. The van der Waals surface area contributed by atoms with Gasteiger partial charge in [0.15, 0.2) is 23.0 Å². The topological polar surface area (TPSA) is 49.0 Å². The van der Waals surface area contributed by atoms with E-state index < -0.39 is 6.61 Å². The van der Waals surface area contributed by atoms with Crippen molar-refractivity contribution in [1.29, 1.82) is 0 Å². The second-order valence-electron chi connectivity index (χ2n) is 5.39. The molecule has 0 heterocycles. The van der Waals surface area contributed by atoms with Crippen molar-refractivity contribution in [1.82, 2.24) is 5.32 Å². The first-order valence-electron chi connectivity index (χ1n) is 8.19. The SMILES string of the molecule is CCOc1cc(CNCc2ccc(OC)c(OC)c2)ccc1OC(F)F. The van der Waals surface area contributed by atoms with Crippen LogP contribution >= 0.6 is 0 Å². The van der Waals surface area contributed by atoms with E-state index in [1.54, 1.807) is 33.3 Å². The minimum Gasteiger partial charge on any atom is -0.493 e.